The molecule has 1 heterocycles. The molecule has 1 amide bonds. The molecule has 0 saturated carbocycles. The van der Waals surface area contributed by atoms with Gasteiger partial charge in [0.25, 0.3) is 5.91 Å². The molecule has 0 aliphatic carbocycles. The summed E-state index contributed by atoms with van der Waals surface area (Å²) in [6.45, 7) is 6.00. The van der Waals surface area contributed by atoms with Crippen molar-refractivity contribution in [3.63, 3.8) is 0 Å². The molecule has 0 spiro atoms. The van der Waals surface area contributed by atoms with Gasteiger partial charge in [-0.1, -0.05) is 59.5 Å². The minimum absolute atomic E-state index is 0.142. The molecule has 0 aliphatic heterocycles. The SMILES string of the molecule is Cc1cc(C)c(C(=O)Nc2nnc(SCc3ccccc3)s2)cc1C. The average Bonchev–Trinajstić information content (AvgIpc) is 3.04. The third kappa shape index (κ3) is 4.46. The minimum atomic E-state index is -0.142. The van der Waals surface area contributed by atoms with E-state index in [1.807, 2.05) is 51.1 Å². The molecule has 0 atom stereocenters. The zero-order valence-electron chi connectivity index (χ0n) is 14.4. The molecular weight excluding hydrogens is 350 g/mol. The molecule has 0 aliphatic rings. The molecule has 0 bridgehead atoms. The van der Waals surface area contributed by atoms with E-state index in [1.165, 1.54) is 22.5 Å². The fourth-order valence-corrected chi connectivity index (χ4v) is 4.11. The van der Waals surface area contributed by atoms with Crippen LogP contribution >= 0.6 is 23.1 Å². The van der Waals surface area contributed by atoms with E-state index in [1.54, 1.807) is 11.8 Å². The van der Waals surface area contributed by atoms with Gasteiger partial charge in [-0.3, -0.25) is 10.1 Å². The first-order valence-corrected chi connectivity index (χ1v) is 9.72. The maximum Gasteiger partial charge on any atom is 0.257 e. The van der Waals surface area contributed by atoms with Crippen molar-refractivity contribution in [1.29, 1.82) is 0 Å². The molecule has 25 heavy (non-hydrogen) atoms. The normalized spacial score (nSPS) is 10.7. The first-order chi connectivity index (χ1) is 12.0. The number of aromatic nitrogens is 2. The summed E-state index contributed by atoms with van der Waals surface area (Å²) in [4.78, 5) is 12.5. The highest BCUT2D eigenvalue weighted by atomic mass is 32.2. The van der Waals surface area contributed by atoms with Crippen molar-refractivity contribution in [2.45, 2.75) is 30.9 Å². The molecule has 0 radical (unpaired) electrons. The van der Waals surface area contributed by atoms with Crippen molar-refractivity contribution in [1.82, 2.24) is 10.2 Å². The number of benzene rings is 2. The van der Waals surface area contributed by atoms with Gasteiger partial charge < -0.3 is 0 Å². The van der Waals surface area contributed by atoms with E-state index in [0.717, 1.165) is 21.2 Å². The van der Waals surface area contributed by atoms with Crippen LogP contribution in [0.25, 0.3) is 0 Å². The van der Waals surface area contributed by atoms with Crippen LogP contribution in [0.5, 0.6) is 0 Å². The number of anilines is 1. The number of hydrogen-bond acceptors (Lipinski definition) is 5. The topological polar surface area (TPSA) is 54.9 Å². The molecule has 0 unspecified atom stereocenters. The standard InChI is InChI=1S/C19H19N3OS2/c1-12-9-14(3)16(10-13(12)2)17(23)20-18-21-22-19(25-18)24-11-15-7-5-4-6-8-15/h4-10H,11H2,1-3H3,(H,20,21,23). The number of rotatable bonds is 5. The second-order valence-corrected chi connectivity index (χ2v) is 8.05. The Bertz CT molecular complexity index is 891. The molecule has 1 N–H and O–H groups in total. The van der Waals surface area contributed by atoms with Crippen molar-refractivity contribution < 1.29 is 4.79 Å². The Balaban J connectivity index is 1.65. The van der Waals surface area contributed by atoms with Gasteiger partial charge in [0.05, 0.1) is 0 Å². The number of nitrogens with zero attached hydrogens (tertiary/aromatic N) is 2. The Kier molecular flexibility index (Phi) is 5.50. The molecule has 3 aromatic rings. The lowest BCUT2D eigenvalue weighted by Crippen LogP contribution is -2.13. The van der Waals surface area contributed by atoms with Gasteiger partial charge in [0.15, 0.2) is 4.34 Å². The lowest BCUT2D eigenvalue weighted by atomic mass is 10.0. The largest absolute Gasteiger partial charge is 0.296 e. The number of aryl methyl sites for hydroxylation is 3. The number of amides is 1. The summed E-state index contributed by atoms with van der Waals surface area (Å²) < 4.78 is 0.843. The molecule has 6 heteroatoms. The van der Waals surface area contributed by atoms with E-state index in [0.29, 0.717) is 10.7 Å². The fourth-order valence-electron chi connectivity index (χ4n) is 2.41. The first kappa shape index (κ1) is 17.6. The van der Waals surface area contributed by atoms with E-state index >= 15 is 0 Å². The van der Waals surface area contributed by atoms with Crippen LogP contribution < -0.4 is 5.32 Å². The van der Waals surface area contributed by atoms with E-state index in [-0.39, 0.29) is 5.91 Å². The van der Waals surface area contributed by atoms with Crippen LogP contribution in [0.1, 0.15) is 32.6 Å². The molecule has 128 valence electrons. The summed E-state index contributed by atoms with van der Waals surface area (Å²) in [5, 5.41) is 11.6. The predicted octanol–water partition coefficient (Wildman–Crippen LogP) is 5.01. The van der Waals surface area contributed by atoms with Crippen molar-refractivity contribution in [3.05, 3.63) is 70.3 Å². The van der Waals surface area contributed by atoms with Gasteiger partial charge in [-0.2, -0.15) is 0 Å². The third-order valence-electron chi connectivity index (χ3n) is 3.92. The number of carbonyl (C=O) groups is 1. The van der Waals surface area contributed by atoms with Gasteiger partial charge in [-0.25, -0.2) is 0 Å². The van der Waals surface area contributed by atoms with Crippen LogP contribution in [-0.2, 0) is 5.75 Å². The molecule has 2 aromatic carbocycles. The monoisotopic (exact) mass is 369 g/mol. The quantitative estimate of drug-likeness (QED) is 0.507. The lowest BCUT2D eigenvalue weighted by molar-refractivity contribution is 0.102. The zero-order chi connectivity index (χ0) is 17.8. The summed E-state index contributed by atoms with van der Waals surface area (Å²) in [7, 11) is 0. The van der Waals surface area contributed by atoms with Gasteiger partial charge in [0.2, 0.25) is 5.13 Å². The fraction of sp³-hybridized carbons (Fsp3) is 0.211. The third-order valence-corrected chi connectivity index (χ3v) is 5.96. The smallest absolute Gasteiger partial charge is 0.257 e. The number of carbonyl (C=O) groups excluding carboxylic acids is 1. The number of nitrogens with one attached hydrogen (secondary N) is 1. The molecule has 0 fully saturated rings. The Morgan fingerprint density at radius 1 is 1.04 bits per heavy atom. The Labute approximate surface area is 155 Å². The Morgan fingerprint density at radius 3 is 2.52 bits per heavy atom. The maximum atomic E-state index is 12.5. The van der Waals surface area contributed by atoms with E-state index in [4.69, 9.17) is 0 Å². The molecule has 1 aromatic heterocycles. The molecular formula is C19H19N3OS2. The van der Waals surface area contributed by atoms with Crippen LogP contribution in [-0.4, -0.2) is 16.1 Å². The summed E-state index contributed by atoms with van der Waals surface area (Å²) in [5.74, 6) is 0.691. The number of thioether (sulfide) groups is 1. The van der Waals surface area contributed by atoms with Crippen molar-refractivity contribution in [2.75, 3.05) is 5.32 Å². The zero-order valence-corrected chi connectivity index (χ0v) is 16.0. The van der Waals surface area contributed by atoms with E-state index < -0.39 is 0 Å². The number of hydrogen-bond donors (Lipinski definition) is 1. The maximum absolute atomic E-state index is 12.5. The molecule has 0 saturated heterocycles. The van der Waals surface area contributed by atoms with Crippen molar-refractivity contribution in [3.8, 4) is 0 Å². The predicted molar refractivity (Wildman–Crippen MR) is 105 cm³/mol. The molecule has 4 nitrogen and oxygen atoms in total. The van der Waals surface area contributed by atoms with Gasteiger partial charge in [-0.05, 0) is 49.1 Å². The van der Waals surface area contributed by atoms with Crippen LogP contribution in [0, 0.1) is 20.8 Å². The van der Waals surface area contributed by atoms with Gasteiger partial charge >= 0.3 is 0 Å². The van der Waals surface area contributed by atoms with Crippen LogP contribution in [0.2, 0.25) is 0 Å². The van der Waals surface area contributed by atoms with E-state index in [9.17, 15) is 4.79 Å². The van der Waals surface area contributed by atoms with E-state index in [2.05, 4.69) is 27.6 Å². The highest BCUT2D eigenvalue weighted by molar-refractivity contribution is 8.00. The second kappa shape index (κ2) is 7.80. The van der Waals surface area contributed by atoms with Crippen LogP contribution in [0.4, 0.5) is 5.13 Å². The van der Waals surface area contributed by atoms with Gasteiger partial charge in [0, 0.05) is 11.3 Å². The summed E-state index contributed by atoms with van der Waals surface area (Å²) in [5.41, 5.74) is 5.16. The first-order valence-electron chi connectivity index (χ1n) is 7.92. The van der Waals surface area contributed by atoms with Gasteiger partial charge in [0.1, 0.15) is 0 Å². The molecule has 3 rings (SSSR count). The van der Waals surface area contributed by atoms with Crippen molar-refractivity contribution in [2.24, 2.45) is 0 Å². The summed E-state index contributed by atoms with van der Waals surface area (Å²) >= 11 is 3.02. The van der Waals surface area contributed by atoms with Gasteiger partial charge in [-0.15, -0.1) is 10.2 Å². The lowest BCUT2D eigenvalue weighted by Gasteiger charge is -2.08. The highest BCUT2D eigenvalue weighted by Crippen LogP contribution is 2.28. The Hall–Kier alpha value is -2.18. The highest BCUT2D eigenvalue weighted by Gasteiger charge is 2.14. The summed E-state index contributed by atoms with van der Waals surface area (Å²) in [6, 6.07) is 14.2. The minimum Gasteiger partial charge on any atom is -0.296 e. The average molecular weight is 370 g/mol. The van der Waals surface area contributed by atoms with Crippen molar-refractivity contribution >= 4 is 34.1 Å². The Morgan fingerprint density at radius 2 is 1.76 bits per heavy atom. The second-order valence-electron chi connectivity index (χ2n) is 5.85. The van der Waals surface area contributed by atoms with Crippen LogP contribution in [0.3, 0.4) is 0 Å². The van der Waals surface area contributed by atoms with Crippen LogP contribution in [0.15, 0.2) is 46.8 Å². The summed E-state index contributed by atoms with van der Waals surface area (Å²) in [6.07, 6.45) is 0.